The van der Waals surface area contributed by atoms with Crippen LogP contribution in [-0.4, -0.2) is 41.1 Å². The molecule has 0 aliphatic rings. The highest BCUT2D eigenvalue weighted by Gasteiger charge is 2.12. The van der Waals surface area contributed by atoms with Crippen molar-refractivity contribution in [2.24, 2.45) is 5.10 Å². The lowest BCUT2D eigenvalue weighted by atomic mass is 10.1. The summed E-state index contributed by atoms with van der Waals surface area (Å²) in [7, 11) is 0. The molecule has 30 heavy (non-hydrogen) atoms. The first-order valence-electron chi connectivity index (χ1n) is 9.08. The molecule has 0 spiro atoms. The summed E-state index contributed by atoms with van der Waals surface area (Å²) in [6, 6.07) is 10.6. The van der Waals surface area contributed by atoms with Crippen LogP contribution in [0.5, 0.6) is 11.5 Å². The van der Waals surface area contributed by atoms with Crippen LogP contribution >= 0.6 is 0 Å². The molecule has 0 unspecified atom stereocenters. The molecule has 0 aliphatic carbocycles. The Bertz CT molecular complexity index is 997. The standard InChI is InChI=1S/C22H24N2O6/c1-13-5-7-19(29-11-21(25)26)17(9-13)15(3)23-24-16(4)18-10-14(2)6-8-20(18)30-12-22(27)28/h5-10,23H,3,11-12H2,1-2,4H3,(H,25,26)(H,27,28). The molecule has 0 saturated carbocycles. The monoisotopic (exact) mass is 412 g/mol. The van der Waals surface area contributed by atoms with Gasteiger partial charge in [0.25, 0.3) is 0 Å². The van der Waals surface area contributed by atoms with Crippen molar-refractivity contribution in [2.75, 3.05) is 13.2 Å². The zero-order valence-electron chi connectivity index (χ0n) is 17.1. The lowest BCUT2D eigenvalue weighted by Gasteiger charge is -2.14. The Hall–Kier alpha value is -3.81. The first-order valence-corrected chi connectivity index (χ1v) is 9.08. The van der Waals surface area contributed by atoms with Gasteiger partial charge in [-0.1, -0.05) is 29.8 Å². The number of hydrogen-bond donors (Lipinski definition) is 3. The number of ether oxygens (including phenoxy) is 2. The molecule has 0 bridgehead atoms. The summed E-state index contributed by atoms with van der Waals surface area (Å²) in [6.07, 6.45) is 0. The molecule has 0 amide bonds. The Kier molecular flexibility index (Phi) is 7.57. The van der Waals surface area contributed by atoms with Crippen LogP contribution in [0.4, 0.5) is 0 Å². The average molecular weight is 412 g/mol. The third-order valence-electron chi connectivity index (χ3n) is 4.05. The number of carboxylic acids is 2. The number of hydrazone groups is 1. The van der Waals surface area contributed by atoms with Crippen molar-refractivity contribution in [2.45, 2.75) is 20.8 Å². The lowest BCUT2D eigenvalue weighted by Crippen LogP contribution is -2.14. The number of rotatable bonds is 10. The molecular formula is C22H24N2O6. The number of aryl methyl sites for hydroxylation is 2. The van der Waals surface area contributed by atoms with Gasteiger partial charge in [-0.15, -0.1) is 0 Å². The fraction of sp³-hybridized carbons (Fsp3) is 0.227. The largest absolute Gasteiger partial charge is 0.481 e. The number of nitrogens with zero attached hydrogens (tertiary/aromatic N) is 1. The Morgan fingerprint density at radius 1 is 0.933 bits per heavy atom. The second-order valence-electron chi connectivity index (χ2n) is 6.65. The maximum Gasteiger partial charge on any atom is 0.341 e. The molecule has 0 heterocycles. The van der Waals surface area contributed by atoms with Crippen LogP contribution in [-0.2, 0) is 9.59 Å². The highest BCUT2D eigenvalue weighted by atomic mass is 16.5. The molecule has 0 radical (unpaired) electrons. The highest BCUT2D eigenvalue weighted by Crippen LogP contribution is 2.26. The van der Waals surface area contributed by atoms with Gasteiger partial charge >= 0.3 is 11.9 Å². The number of aliphatic carboxylic acids is 2. The molecule has 0 aromatic heterocycles. The first kappa shape index (κ1) is 22.5. The van der Waals surface area contributed by atoms with Gasteiger partial charge in [0.1, 0.15) is 11.5 Å². The number of nitrogens with one attached hydrogen (secondary N) is 1. The van der Waals surface area contributed by atoms with Crippen LogP contribution in [0.25, 0.3) is 5.70 Å². The fourth-order valence-electron chi connectivity index (χ4n) is 2.61. The molecule has 8 nitrogen and oxygen atoms in total. The van der Waals surface area contributed by atoms with E-state index in [4.69, 9.17) is 19.7 Å². The minimum atomic E-state index is -1.08. The van der Waals surface area contributed by atoms with E-state index in [1.165, 1.54) is 0 Å². The van der Waals surface area contributed by atoms with Crippen LogP contribution in [0.15, 0.2) is 48.1 Å². The predicted molar refractivity (Wildman–Crippen MR) is 113 cm³/mol. The van der Waals surface area contributed by atoms with Gasteiger partial charge in [0, 0.05) is 11.1 Å². The van der Waals surface area contributed by atoms with Crippen molar-refractivity contribution in [1.82, 2.24) is 5.43 Å². The maximum atomic E-state index is 10.8. The zero-order valence-corrected chi connectivity index (χ0v) is 17.1. The molecule has 2 rings (SSSR count). The lowest BCUT2D eigenvalue weighted by molar-refractivity contribution is -0.140. The Morgan fingerprint density at radius 2 is 1.40 bits per heavy atom. The van der Waals surface area contributed by atoms with Crippen LogP contribution in [0, 0.1) is 13.8 Å². The number of benzene rings is 2. The van der Waals surface area contributed by atoms with E-state index in [-0.39, 0.29) is 0 Å². The first-order chi connectivity index (χ1) is 14.2. The highest BCUT2D eigenvalue weighted by molar-refractivity contribution is 6.01. The number of carbonyl (C=O) groups is 2. The van der Waals surface area contributed by atoms with Crippen molar-refractivity contribution in [1.29, 1.82) is 0 Å². The average Bonchev–Trinajstić information content (AvgIpc) is 2.69. The van der Waals surface area contributed by atoms with E-state index >= 15 is 0 Å². The number of carboxylic acid groups (broad SMARTS) is 2. The summed E-state index contributed by atoms with van der Waals surface area (Å²) < 4.78 is 10.7. The zero-order chi connectivity index (χ0) is 22.3. The van der Waals surface area contributed by atoms with E-state index in [0.717, 1.165) is 11.1 Å². The third kappa shape index (κ3) is 6.37. The van der Waals surface area contributed by atoms with Crippen molar-refractivity contribution in [3.63, 3.8) is 0 Å². The van der Waals surface area contributed by atoms with E-state index < -0.39 is 25.2 Å². The predicted octanol–water partition coefficient (Wildman–Crippen LogP) is 3.21. The number of hydrogen-bond acceptors (Lipinski definition) is 6. The fourth-order valence-corrected chi connectivity index (χ4v) is 2.61. The van der Waals surface area contributed by atoms with Crippen LogP contribution < -0.4 is 14.9 Å². The molecule has 0 fully saturated rings. The van der Waals surface area contributed by atoms with E-state index in [9.17, 15) is 9.59 Å². The van der Waals surface area contributed by atoms with Gasteiger partial charge < -0.3 is 19.7 Å². The normalized spacial score (nSPS) is 11.0. The maximum absolute atomic E-state index is 10.8. The molecule has 0 atom stereocenters. The molecule has 3 N–H and O–H groups in total. The van der Waals surface area contributed by atoms with Gasteiger partial charge in [0.05, 0.1) is 11.4 Å². The van der Waals surface area contributed by atoms with Crippen molar-refractivity contribution >= 4 is 23.3 Å². The molecule has 8 heteroatoms. The summed E-state index contributed by atoms with van der Waals surface area (Å²) in [6.45, 7) is 8.58. The van der Waals surface area contributed by atoms with E-state index in [0.29, 0.717) is 34.0 Å². The topological polar surface area (TPSA) is 117 Å². The minimum absolute atomic E-state index is 0.370. The van der Waals surface area contributed by atoms with Gasteiger partial charge in [-0.3, -0.25) is 5.43 Å². The van der Waals surface area contributed by atoms with Crippen LogP contribution in [0.3, 0.4) is 0 Å². The smallest absolute Gasteiger partial charge is 0.341 e. The Labute approximate surface area is 174 Å². The second kappa shape index (κ2) is 10.1. The summed E-state index contributed by atoms with van der Waals surface area (Å²) in [4.78, 5) is 21.6. The quantitative estimate of drug-likeness (QED) is 0.405. The van der Waals surface area contributed by atoms with Gasteiger partial charge in [-0.2, -0.15) is 5.10 Å². The van der Waals surface area contributed by atoms with Crippen molar-refractivity contribution in [3.8, 4) is 11.5 Å². The molecule has 2 aromatic carbocycles. The molecule has 158 valence electrons. The van der Waals surface area contributed by atoms with Gasteiger partial charge in [0.2, 0.25) is 0 Å². The summed E-state index contributed by atoms with van der Waals surface area (Å²) >= 11 is 0. The van der Waals surface area contributed by atoms with E-state index in [1.807, 2.05) is 32.0 Å². The Morgan fingerprint density at radius 3 is 1.90 bits per heavy atom. The van der Waals surface area contributed by atoms with E-state index in [2.05, 4.69) is 17.1 Å². The minimum Gasteiger partial charge on any atom is -0.481 e. The van der Waals surface area contributed by atoms with Crippen LogP contribution in [0.1, 0.15) is 29.2 Å². The molecule has 0 aliphatic heterocycles. The van der Waals surface area contributed by atoms with E-state index in [1.54, 1.807) is 25.1 Å². The van der Waals surface area contributed by atoms with Gasteiger partial charge in [0.15, 0.2) is 13.2 Å². The van der Waals surface area contributed by atoms with Crippen molar-refractivity contribution < 1.29 is 29.3 Å². The second-order valence-corrected chi connectivity index (χ2v) is 6.65. The summed E-state index contributed by atoms with van der Waals surface area (Å²) in [5.41, 5.74) is 6.96. The molecule has 2 aromatic rings. The third-order valence-corrected chi connectivity index (χ3v) is 4.05. The van der Waals surface area contributed by atoms with Crippen molar-refractivity contribution in [3.05, 3.63) is 65.2 Å². The Balaban J connectivity index is 2.24. The van der Waals surface area contributed by atoms with Gasteiger partial charge in [-0.25, -0.2) is 9.59 Å². The summed E-state index contributed by atoms with van der Waals surface area (Å²) in [5.74, 6) is -1.38. The molecular weight excluding hydrogens is 388 g/mol. The van der Waals surface area contributed by atoms with Crippen LogP contribution in [0.2, 0.25) is 0 Å². The molecule has 0 saturated heterocycles. The SMILES string of the molecule is C=C(NN=C(C)c1cc(C)ccc1OCC(=O)O)c1cc(C)ccc1OCC(=O)O. The van der Waals surface area contributed by atoms with Gasteiger partial charge in [-0.05, 0) is 45.0 Å². The summed E-state index contributed by atoms with van der Waals surface area (Å²) in [5, 5.41) is 22.0.